The first kappa shape index (κ1) is 21.1. The van der Waals surface area contributed by atoms with Crippen LogP contribution in [0.4, 0.5) is 10.1 Å². The Labute approximate surface area is 162 Å². The predicted octanol–water partition coefficient (Wildman–Crippen LogP) is 3.58. The van der Waals surface area contributed by atoms with Crippen molar-refractivity contribution in [3.8, 4) is 5.75 Å². The number of sulfonamides is 1. The minimum Gasteiger partial charge on any atom is -0.484 e. The van der Waals surface area contributed by atoms with E-state index in [0.29, 0.717) is 18.0 Å². The molecule has 0 aromatic heterocycles. The number of hydrogen-bond donors (Lipinski definition) is 2. The summed E-state index contributed by atoms with van der Waals surface area (Å²) in [7, 11) is -3.56. The number of ether oxygens (including phenoxy) is 1. The van der Waals surface area contributed by atoms with E-state index in [2.05, 4.69) is 10.0 Å². The van der Waals surface area contributed by atoms with Crippen LogP contribution in [-0.2, 0) is 14.8 Å². The SMILES string of the molecule is CCCCNS(=O)(=O)c1ccc(OCC(=O)Nc2ccc(F)c(Cl)c2)cc1. The summed E-state index contributed by atoms with van der Waals surface area (Å²) in [6, 6.07) is 9.56. The molecule has 0 aliphatic carbocycles. The number of rotatable bonds is 9. The van der Waals surface area contributed by atoms with Gasteiger partial charge in [-0.3, -0.25) is 4.79 Å². The van der Waals surface area contributed by atoms with E-state index in [-0.39, 0.29) is 16.5 Å². The molecule has 2 aromatic rings. The molecule has 146 valence electrons. The number of carbonyl (C=O) groups excluding carboxylic acids is 1. The van der Waals surface area contributed by atoms with Gasteiger partial charge in [0.05, 0.1) is 9.92 Å². The minimum atomic E-state index is -3.56. The van der Waals surface area contributed by atoms with Crippen LogP contribution in [0.2, 0.25) is 5.02 Å². The van der Waals surface area contributed by atoms with E-state index >= 15 is 0 Å². The maximum Gasteiger partial charge on any atom is 0.262 e. The first-order chi connectivity index (χ1) is 12.8. The van der Waals surface area contributed by atoms with E-state index in [0.717, 1.165) is 18.9 Å². The van der Waals surface area contributed by atoms with E-state index in [1.807, 2.05) is 6.92 Å². The van der Waals surface area contributed by atoms with Gasteiger partial charge in [0.1, 0.15) is 11.6 Å². The van der Waals surface area contributed by atoms with Gasteiger partial charge in [0.25, 0.3) is 5.91 Å². The molecule has 0 fully saturated rings. The second-order valence-corrected chi connectivity index (χ2v) is 7.86. The Kier molecular flexibility index (Phi) is 7.58. The van der Waals surface area contributed by atoms with Crippen LogP contribution < -0.4 is 14.8 Å². The molecule has 0 bridgehead atoms. The predicted molar refractivity (Wildman–Crippen MR) is 102 cm³/mol. The van der Waals surface area contributed by atoms with Gasteiger partial charge in [-0.15, -0.1) is 0 Å². The Morgan fingerprint density at radius 1 is 1.19 bits per heavy atom. The lowest BCUT2D eigenvalue weighted by Crippen LogP contribution is -2.24. The van der Waals surface area contributed by atoms with Crippen LogP contribution in [-0.4, -0.2) is 27.5 Å². The second-order valence-electron chi connectivity index (χ2n) is 5.69. The summed E-state index contributed by atoms with van der Waals surface area (Å²) in [5.74, 6) is -0.699. The summed E-state index contributed by atoms with van der Waals surface area (Å²) < 4.78 is 45.1. The Bertz CT molecular complexity index is 889. The maximum absolute atomic E-state index is 13.1. The molecule has 27 heavy (non-hydrogen) atoms. The number of unbranched alkanes of at least 4 members (excludes halogenated alkanes) is 1. The molecule has 0 spiro atoms. The summed E-state index contributed by atoms with van der Waals surface area (Å²) >= 11 is 5.65. The minimum absolute atomic E-state index is 0.0990. The molecule has 2 N–H and O–H groups in total. The summed E-state index contributed by atoms with van der Waals surface area (Å²) in [6.45, 7) is 2.06. The zero-order valence-electron chi connectivity index (χ0n) is 14.7. The van der Waals surface area contributed by atoms with Crippen LogP contribution in [0, 0.1) is 5.82 Å². The summed E-state index contributed by atoms with van der Waals surface area (Å²) in [4.78, 5) is 12.0. The monoisotopic (exact) mass is 414 g/mol. The number of amides is 1. The molecule has 2 rings (SSSR count). The maximum atomic E-state index is 13.1. The summed E-state index contributed by atoms with van der Waals surface area (Å²) in [6.07, 6.45) is 1.65. The van der Waals surface area contributed by atoms with Gasteiger partial charge in [-0.25, -0.2) is 17.5 Å². The van der Waals surface area contributed by atoms with Crippen LogP contribution in [0.15, 0.2) is 47.4 Å². The number of halogens is 2. The van der Waals surface area contributed by atoms with E-state index < -0.39 is 21.7 Å². The lowest BCUT2D eigenvalue weighted by molar-refractivity contribution is -0.118. The molecular weight excluding hydrogens is 395 g/mol. The second kappa shape index (κ2) is 9.68. The number of hydrogen-bond acceptors (Lipinski definition) is 4. The smallest absolute Gasteiger partial charge is 0.262 e. The Morgan fingerprint density at radius 3 is 2.52 bits per heavy atom. The zero-order chi connectivity index (χ0) is 19.9. The van der Waals surface area contributed by atoms with Gasteiger partial charge in [-0.05, 0) is 48.9 Å². The first-order valence-corrected chi connectivity index (χ1v) is 10.2. The Hall–Kier alpha value is -2.16. The van der Waals surface area contributed by atoms with Gasteiger partial charge < -0.3 is 10.1 Å². The van der Waals surface area contributed by atoms with Crippen LogP contribution in [0.5, 0.6) is 5.75 Å². The van der Waals surface area contributed by atoms with Crippen molar-refractivity contribution < 1.29 is 22.3 Å². The average molecular weight is 415 g/mol. The summed E-state index contributed by atoms with van der Waals surface area (Å²) in [5.41, 5.74) is 0.342. The topological polar surface area (TPSA) is 84.5 Å². The van der Waals surface area contributed by atoms with Gasteiger partial charge >= 0.3 is 0 Å². The zero-order valence-corrected chi connectivity index (χ0v) is 16.2. The van der Waals surface area contributed by atoms with Gasteiger partial charge in [0, 0.05) is 12.2 Å². The average Bonchev–Trinajstić information content (AvgIpc) is 2.63. The number of anilines is 1. The summed E-state index contributed by atoms with van der Waals surface area (Å²) in [5, 5.41) is 2.42. The highest BCUT2D eigenvalue weighted by atomic mass is 35.5. The molecule has 0 heterocycles. The van der Waals surface area contributed by atoms with Crippen molar-refractivity contribution in [2.45, 2.75) is 24.7 Å². The fraction of sp³-hybridized carbons (Fsp3) is 0.278. The lowest BCUT2D eigenvalue weighted by Gasteiger charge is -2.09. The third-order valence-corrected chi connectivity index (χ3v) is 5.30. The van der Waals surface area contributed by atoms with E-state index in [9.17, 15) is 17.6 Å². The van der Waals surface area contributed by atoms with Crippen LogP contribution in [0.3, 0.4) is 0 Å². The molecular formula is C18H20ClFN2O4S. The largest absolute Gasteiger partial charge is 0.484 e. The fourth-order valence-electron chi connectivity index (χ4n) is 2.10. The first-order valence-electron chi connectivity index (χ1n) is 8.29. The normalized spacial score (nSPS) is 11.2. The fourth-order valence-corrected chi connectivity index (χ4v) is 3.36. The van der Waals surface area contributed by atoms with Crippen molar-refractivity contribution in [3.05, 3.63) is 53.3 Å². The van der Waals surface area contributed by atoms with E-state index in [4.69, 9.17) is 16.3 Å². The van der Waals surface area contributed by atoms with Crippen molar-refractivity contribution in [1.29, 1.82) is 0 Å². The van der Waals surface area contributed by atoms with Crippen molar-refractivity contribution in [3.63, 3.8) is 0 Å². The van der Waals surface area contributed by atoms with Crippen molar-refractivity contribution in [1.82, 2.24) is 4.72 Å². The quantitative estimate of drug-likeness (QED) is 0.614. The van der Waals surface area contributed by atoms with E-state index in [1.165, 1.54) is 36.4 Å². The Morgan fingerprint density at radius 2 is 1.89 bits per heavy atom. The highest BCUT2D eigenvalue weighted by molar-refractivity contribution is 7.89. The van der Waals surface area contributed by atoms with Gasteiger partial charge in [-0.2, -0.15) is 0 Å². The lowest BCUT2D eigenvalue weighted by atomic mass is 10.3. The van der Waals surface area contributed by atoms with Crippen LogP contribution >= 0.6 is 11.6 Å². The molecule has 0 saturated carbocycles. The molecule has 0 aliphatic heterocycles. The molecule has 6 nitrogen and oxygen atoms in total. The van der Waals surface area contributed by atoms with Crippen LogP contribution in [0.1, 0.15) is 19.8 Å². The van der Waals surface area contributed by atoms with Crippen LogP contribution in [0.25, 0.3) is 0 Å². The van der Waals surface area contributed by atoms with Crippen molar-refractivity contribution >= 4 is 33.2 Å². The van der Waals surface area contributed by atoms with Crippen molar-refractivity contribution in [2.75, 3.05) is 18.5 Å². The third-order valence-electron chi connectivity index (χ3n) is 3.53. The highest BCUT2D eigenvalue weighted by Crippen LogP contribution is 2.19. The molecule has 0 radical (unpaired) electrons. The molecule has 9 heteroatoms. The third kappa shape index (κ3) is 6.50. The van der Waals surface area contributed by atoms with Gasteiger partial charge in [0.2, 0.25) is 10.0 Å². The van der Waals surface area contributed by atoms with Gasteiger partial charge in [0.15, 0.2) is 6.61 Å². The molecule has 1 amide bonds. The molecule has 2 aromatic carbocycles. The number of carbonyl (C=O) groups is 1. The Balaban J connectivity index is 1.88. The molecule has 0 unspecified atom stereocenters. The van der Waals surface area contributed by atoms with Crippen molar-refractivity contribution in [2.24, 2.45) is 0 Å². The number of nitrogens with one attached hydrogen (secondary N) is 2. The van der Waals surface area contributed by atoms with E-state index in [1.54, 1.807) is 0 Å². The standard InChI is InChI=1S/C18H20ClFN2O4S/c1-2-3-10-21-27(24,25)15-7-5-14(6-8-15)26-12-18(23)22-13-4-9-17(20)16(19)11-13/h4-9,11,21H,2-3,10,12H2,1H3,(H,22,23). The molecule has 0 saturated heterocycles. The van der Waals surface area contributed by atoms with Gasteiger partial charge in [-0.1, -0.05) is 24.9 Å². The molecule has 0 atom stereocenters. The number of benzene rings is 2. The highest BCUT2D eigenvalue weighted by Gasteiger charge is 2.13. The molecule has 0 aliphatic rings.